The molecule has 48 valence electrons. The molecule has 0 saturated heterocycles. The Morgan fingerprint density at radius 3 is 3.00 bits per heavy atom. The molecule has 1 rings (SSSR count). The monoisotopic (exact) mass is 138 g/mol. The van der Waals surface area contributed by atoms with Crippen LogP contribution in [-0.4, -0.2) is 0 Å². The maximum atomic E-state index is 3.67. The van der Waals surface area contributed by atoms with Gasteiger partial charge in [0.1, 0.15) is 0 Å². The average Bonchev–Trinajstić information content (AvgIpc) is 2.17. The van der Waals surface area contributed by atoms with E-state index >= 15 is 0 Å². The molecule has 0 aliphatic rings. The molecule has 0 aromatic carbocycles. The van der Waals surface area contributed by atoms with Crippen LogP contribution in [0.1, 0.15) is 10.4 Å². The quantitative estimate of drug-likeness (QED) is 0.551. The molecule has 0 radical (unpaired) electrons. The van der Waals surface area contributed by atoms with Crippen molar-refractivity contribution in [3.05, 3.63) is 34.5 Å². The molecule has 1 heteroatoms. The van der Waals surface area contributed by atoms with Crippen LogP contribution >= 0.6 is 11.3 Å². The largest absolute Gasteiger partial charge is 0.148 e. The molecule has 0 fully saturated rings. The van der Waals surface area contributed by atoms with Crippen molar-refractivity contribution in [1.29, 1.82) is 0 Å². The van der Waals surface area contributed by atoms with Gasteiger partial charge in [0.05, 0.1) is 0 Å². The first kappa shape index (κ1) is 6.56. The molecular formula is C8H10S. The maximum absolute atomic E-state index is 3.67. The summed E-state index contributed by atoms with van der Waals surface area (Å²) in [4.78, 5) is 1.41. The summed E-state index contributed by atoms with van der Waals surface area (Å²) in [5, 5.41) is 2.17. The van der Waals surface area contributed by atoms with Gasteiger partial charge in [-0.25, -0.2) is 0 Å². The standard InChI is InChI=1S/C8H10S/c1-3-4-8-5-7(2)6-9-8/h3,5-6H,1,4H2,2H3. The first-order valence-corrected chi connectivity index (χ1v) is 3.86. The smallest absolute Gasteiger partial charge is 0.00855 e. The van der Waals surface area contributed by atoms with Crippen molar-refractivity contribution in [2.24, 2.45) is 0 Å². The minimum Gasteiger partial charge on any atom is -0.148 e. The zero-order valence-corrected chi connectivity index (χ0v) is 6.37. The van der Waals surface area contributed by atoms with Gasteiger partial charge < -0.3 is 0 Å². The molecule has 1 aromatic heterocycles. The average molecular weight is 138 g/mol. The second-order valence-corrected chi connectivity index (χ2v) is 3.08. The van der Waals surface area contributed by atoms with Crippen molar-refractivity contribution in [2.75, 3.05) is 0 Å². The molecule has 1 aromatic rings. The molecule has 1 heterocycles. The van der Waals surface area contributed by atoms with Crippen molar-refractivity contribution in [3.63, 3.8) is 0 Å². The molecule has 0 atom stereocenters. The predicted octanol–water partition coefficient (Wildman–Crippen LogP) is 2.79. The lowest BCUT2D eigenvalue weighted by molar-refractivity contribution is 1.34. The highest BCUT2D eigenvalue weighted by molar-refractivity contribution is 7.10. The Morgan fingerprint density at radius 2 is 2.56 bits per heavy atom. The summed E-state index contributed by atoms with van der Waals surface area (Å²) in [7, 11) is 0. The summed E-state index contributed by atoms with van der Waals surface area (Å²) in [5.41, 5.74) is 1.36. The summed E-state index contributed by atoms with van der Waals surface area (Å²) in [5.74, 6) is 0. The fourth-order valence-electron chi connectivity index (χ4n) is 0.740. The van der Waals surface area contributed by atoms with Crippen LogP contribution in [0.5, 0.6) is 0 Å². The fraction of sp³-hybridized carbons (Fsp3) is 0.250. The van der Waals surface area contributed by atoms with E-state index in [2.05, 4.69) is 24.9 Å². The third-order valence-corrected chi connectivity index (χ3v) is 2.21. The first-order valence-electron chi connectivity index (χ1n) is 2.98. The number of allylic oxidation sites excluding steroid dienone is 1. The van der Waals surface area contributed by atoms with Crippen LogP contribution in [0.4, 0.5) is 0 Å². The summed E-state index contributed by atoms with van der Waals surface area (Å²) in [6, 6.07) is 2.20. The van der Waals surface area contributed by atoms with E-state index in [0.717, 1.165) is 6.42 Å². The van der Waals surface area contributed by atoms with Crippen molar-refractivity contribution < 1.29 is 0 Å². The third-order valence-electron chi connectivity index (χ3n) is 1.13. The van der Waals surface area contributed by atoms with Crippen molar-refractivity contribution >= 4 is 11.3 Å². The Bertz CT molecular complexity index is 198. The number of hydrogen-bond donors (Lipinski definition) is 0. The number of aryl methyl sites for hydroxylation is 1. The van der Waals surface area contributed by atoms with E-state index in [1.54, 1.807) is 11.3 Å². The van der Waals surface area contributed by atoms with E-state index in [9.17, 15) is 0 Å². The molecule has 0 nitrogen and oxygen atoms in total. The van der Waals surface area contributed by atoms with Crippen LogP contribution in [0, 0.1) is 6.92 Å². The minimum atomic E-state index is 1.01. The molecule has 0 aliphatic carbocycles. The van der Waals surface area contributed by atoms with Crippen molar-refractivity contribution in [2.45, 2.75) is 13.3 Å². The van der Waals surface area contributed by atoms with Crippen LogP contribution in [0.25, 0.3) is 0 Å². The molecule has 0 unspecified atom stereocenters. The first-order chi connectivity index (χ1) is 4.33. The second-order valence-electron chi connectivity index (χ2n) is 2.08. The molecule has 0 bridgehead atoms. The predicted molar refractivity (Wildman–Crippen MR) is 43.0 cm³/mol. The normalized spacial score (nSPS) is 9.44. The van der Waals surface area contributed by atoms with Gasteiger partial charge in [0.2, 0.25) is 0 Å². The van der Waals surface area contributed by atoms with E-state index in [4.69, 9.17) is 0 Å². The zero-order valence-electron chi connectivity index (χ0n) is 5.55. The Morgan fingerprint density at radius 1 is 1.78 bits per heavy atom. The van der Waals surface area contributed by atoms with Gasteiger partial charge in [-0.2, -0.15) is 0 Å². The Kier molecular flexibility index (Phi) is 2.06. The van der Waals surface area contributed by atoms with Crippen LogP contribution in [0.3, 0.4) is 0 Å². The Balaban J connectivity index is 2.72. The summed E-state index contributed by atoms with van der Waals surface area (Å²) < 4.78 is 0. The molecule has 9 heavy (non-hydrogen) atoms. The van der Waals surface area contributed by atoms with Crippen molar-refractivity contribution in [3.8, 4) is 0 Å². The summed E-state index contributed by atoms with van der Waals surface area (Å²) >= 11 is 1.80. The number of rotatable bonds is 2. The molecule has 0 aliphatic heterocycles. The van der Waals surface area contributed by atoms with Gasteiger partial charge >= 0.3 is 0 Å². The van der Waals surface area contributed by atoms with Crippen LogP contribution in [0.2, 0.25) is 0 Å². The van der Waals surface area contributed by atoms with Crippen LogP contribution in [-0.2, 0) is 6.42 Å². The van der Waals surface area contributed by atoms with E-state index in [1.165, 1.54) is 10.4 Å². The van der Waals surface area contributed by atoms with Gasteiger partial charge in [0, 0.05) is 4.88 Å². The SMILES string of the molecule is C=CCc1cc(C)cs1. The van der Waals surface area contributed by atoms with Gasteiger partial charge in [-0.05, 0) is 30.4 Å². The van der Waals surface area contributed by atoms with Crippen LogP contribution < -0.4 is 0 Å². The van der Waals surface area contributed by atoms with Gasteiger partial charge in [-0.1, -0.05) is 6.08 Å². The zero-order chi connectivity index (χ0) is 6.69. The van der Waals surface area contributed by atoms with Crippen molar-refractivity contribution in [1.82, 2.24) is 0 Å². The van der Waals surface area contributed by atoms with E-state index in [-0.39, 0.29) is 0 Å². The second kappa shape index (κ2) is 2.83. The topological polar surface area (TPSA) is 0 Å². The highest BCUT2D eigenvalue weighted by Crippen LogP contribution is 2.13. The highest BCUT2D eigenvalue weighted by atomic mass is 32.1. The van der Waals surface area contributed by atoms with E-state index in [1.807, 2.05) is 6.08 Å². The maximum Gasteiger partial charge on any atom is 0.00855 e. The minimum absolute atomic E-state index is 1.01. The van der Waals surface area contributed by atoms with Crippen LogP contribution in [0.15, 0.2) is 24.1 Å². The molecule has 0 N–H and O–H groups in total. The van der Waals surface area contributed by atoms with Gasteiger partial charge in [0.15, 0.2) is 0 Å². The molecule has 0 spiro atoms. The fourth-order valence-corrected chi connectivity index (χ4v) is 1.61. The van der Waals surface area contributed by atoms with Gasteiger partial charge in [-0.3, -0.25) is 0 Å². The lowest BCUT2D eigenvalue weighted by atomic mass is 10.3. The van der Waals surface area contributed by atoms with E-state index in [0.29, 0.717) is 0 Å². The lowest BCUT2D eigenvalue weighted by Gasteiger charge is -1.82. The Hall–Kier alpha value is -0.560. The van der Waals surface area contributed by atoms with E-state index < -0.39 is 0 Å². The summed E-state index contributed by atoms with van der Waals surface area (Å²) in [6.45, 7) is 5.79. The van der Waals surface area contributed by atoms with Gasteiger partial charge in [-0.15, -0.1) is 17.9 Å². The molecule has 0 saturated carbocycles. The summed E-state index contributed by atoms with van der Waals surface area (Å²) in [6.07, 6.45) is 2.95. The molecule has 0 amide bonds. The van der Waals surface area contributed by atoms with Gasteiger partial charge in [0.25, 0.3) is 0 Å². The highest BCUT2D eigenvalue weighted by Gasteiger charge is 1.90. The third kappa shape index (κ3) is 1.68. The Labute approximate surface area is 59.8 Å². The number of hydrogen-bond acceptors (Lipinski definition) is 1. The lowest BCUT2D eigenvalue weighted by Crippen LogP contribution is -1.68. The number of thiophene rings is 1. The molecular weight excluding hydrogens is 128 g/mol.